The summed E-state index contributed by atoms with van der Waals surface area (Å²) < 4.78 is 9.73. The summed E-state index contributed by atoms with van der Waals surface area (Å²) in [6.45, 7) is 3.59. The van der Waals surface area contributed by atoms with Crippen molar-refractivity contribution < 1.29 is 19.1 Å². The van der Waals surface area contributed by atoms with E-state index in [2.05, 4.69) is 5.32 Å². The van der Waals surface area contributed by atoms with Gasteiger partial charge in [0.15, 0.2) is 5.56 Å². The Morgan fingerprint density at radius 2 is 2.26 bits per heavy atom. The molecule has 1 heterocycles. The minimum atomic E-state index is -0.720. The number of carbonyl (C=O) groups excluding carboxylic acids is 2. The smallest absolute Gasteiger partial charge is 0.414 e. The van der Waals surface area contributed by atoms with E-state index in [-0.39, 0.29) is 12.6 Å². The maximum Gasteiger partial charge on any atom is 0.414 e. The molecule has 0 saturated carbocycles. The van der Waals surface area contributed by atoms with Crippen LogP contribution < -0.4 is 5.32 Å². The van der Waals surface area contributed by atoms with Crippen molar-refractivity contribution in [3.05, 3.63) is 23.5 Å². The van der Waals surface area contributed by atoms with Crippen LogP contribution in [0.1, 0.15) is 13.8 Å². The van der Waals surface area contributed by atoms with Crippen LogP contribution >= 0.6 is 11.6 Å². The summed E-state index contributed by atoms with van der Waals surface area (Å²) >= 11 is 5.57. The molecule has 106 valence electrons. The second-order valence-electron chi connectivity index (χ2n) is 4.01. The van der Waals surface area contributed by atoms with Crippen LogP contribution in [0.2, 0.25) is 0 Å². The largest absolute Gasteiger partial charge is 0.461 e. The second-order valence-corrected chi connectivity index (χ2v) is 4.62. The number of amides is 1. The van der Waals surface area contributed by atoms with E-state index >= 15 is 0 Å². The zero-order valence-corrected chi connectivity index (χ0v) is 11.9. The van der Waals surface area contributed by atoms with Gasteiger partial charge in [-0.05, 0) is 6.92 Å². The van der Waals surface area contributed by atoms with Gasteiger partial charge in [0.2, 0.25) is 0 Å². The van der Waals surface area contributed by atoms with E-state index in [1.54, 1.807) is 24.9 Å². The molecule has 1 N–H and O–H groups in total. The van der Waals surface area contributed by atoms with Gasteiger partial charge < -0.3 is 14.4 Å². The third-order valence-electron chi connectivity index (χ3n) is 2.31. The standard InChI is InChI=1S/C12H17ClN2O4/c1-8(13)19-12(17)14-11-10(7-18-9(2)16)5-4-6-15(11)3/h4-5,8H,6-7H2,1-3H3,(H,14,17). The molecular formula is C12H17ClN2O4. The highest BCUT2D eigenvalue weighted by Gasteiger charge is 2.18. The molecule has 1 unspecified atom stereocenters. The van der Waals surface area contributed by atoms with Crippen LogP contribution in [-0.2, 0) is 14.3 Å². The number of hydrogen-bond acceptors (Lipinski definition) is 5. The summed E-state index contributed by atoms with van der Waals surface area (Å²) in [5.41, 5.74) is -0.0370. The predicted molar refractivity (Wildman–Crippen MR) is 70.4 cm³/mol. The highest BCUT2D eigenvalue weighted by atomic mass is 35.5. The number of nitrogens with zero attached hydrogens (tertiary/aromatic N) is 1. The molecule has 1 aliphatic heterocycles. The lowest BCUT2D eigenvalue weighted by molar-refractivity contribution is -0.139. The summed E-state index contributed by atoms with van der Waals surface area (Å²) in [6, 6.07) is 0. The van der Waals surface area contributed by atoms with E-state index in [0.29, 0.717) is 17.9 Å². The van der Waals surface area contributed by atoms with Gasteiger partial charge in [0, 0.05) is 26.1 Å². The molecule has 0 radical (unpaired) electrons. The summed E-state index contributed by atoms with van der Waals surface area (Å²) in [4.78, 5) is 24.2. The third-order valence-corrected chi connectivity index (χ3v) is 2.39. The van der Waals surface area contributed by atoms with Crippen LogP contribution in [0.5, 0.6) is 0 Å². The zero-order chi connectivity index (χ0) is 14.4. The van der Waals surface area contributed by atoms with Crippen molar-refractivity contribution in [1.82, 2.24) is 10.2 Å². The first-order valence-corrected chi connectivity index (χ1v) is 6.19. The van der Waals surface area contributed by atoms with Gasteiger partial charge in [0.05, 0.1) is 0 Å². The minimum absolute atomic E-state index is 0.0855. The SMILES string of the molecule is CC(=O)OCC1=C(NC(=O)OC(C)Cl)N(C)CC=C1. The lowest BCUT2D eigenvalue weighted by atomic mass is 10.2. The van der Waals surface area contributed by atoms with Crippen LogP contribution in [0.3, 0.4) is 0 Å². The normalized spacial score (nSPS) is 16.1. The van der Waals surface area contributed by atoms with Crippen molar-refractivity contribution in [1.29, 1.82) is 0 Å². The Labute approximate surface area is 117 Å². The van der Waals surface area contributed by atoms with Gasteiger partial charge in [-0.25, -0.2) is 4.79 Å². The number of esters is 1. The molecule has 0 aromatic heterocycles. The van der Waals surface area contributed by atoms with Crippen LogP contribution in [0.4, 0.5) is 4.79 Å². The molecule has 1 rings (SSSR count). The van der Waals surface area contributed by atoms with Crippen molar-refractivity contribution in [2.75, 3.05) is 20.2 Å². The number of nitrogens with one attached hydrogen (secondary N) is 1. The minimum Gasteiger partial charge on any atom is -0.461 e. The molecule has 6 nitrogen and oxygen atoms in total. The maximum atomic E-state index is 11.5. The summed E-state index contributed by atoms with van der Waals surface area (Å²) in [7, 11) is 1.80. The summed E-state index contributed by atoms with van der Waals surface area (Å²) in [5.74, 6) is 0.150. The molecule has 0 spiro atoms. The average molecular weight is 289 g/mol. The Hall–Kier alpha value is -1.69. The first-order chi connectivity index (χ1) is 8.90. The van der Waals surface area contributed by atoms with E-state index in [0.717, 1.165) is 0 Å². The van der Waals surface area contributed by atoms with Crippen molar-refractivity contribution in [3.63, 3.8) is 0 Å². The summed E-state index contributed by atoms with van der Waals surface area (Å²) in [5, 5.41) is 2.59. The molecule has 0 aliphatic carbocycles. The van der Waals surface area contributed by atoms with Gasteiger partial charge >= 0.3 is 12.1 Å². The maximum absolute atomic E-state index is 11.5. The Morgan fingerprint density at radius 3 is 2.84 bits per heavy atom. The molecule has 1 amide bonds. The quantitative estimate of drug-likeness (QED) is 0.628. The Kier molecular flexibility index (Phi) is 5.69. The van der Waals surface area contributed by atoms with Crippen molar-refractivity contribution in [3.8, 4) is 0 Å². The molecule has 0 aromatic rings. The first kappa shape index (κ1) is 15.4. The van der Waals surface area contributed by atoms with Crippen molar-refractivity contribution >= 4 is 23.7 Å². The molecule has 1 aliphatic rings. The Morgan fingerprint density at radius 1 is 1.58 bits per heavy atom. The fraction of sp³-hybridized carbons (Fsp3) is 0.500. The number of likely N-dealkylation sites (N-methyl/N-ethyl adjacent to an activating group) is 1. The number of rotatable bonds is 4. The van der Waals surface area contributed by atoms with Gasteiger partial charge in [-0.1, -0.05) is 23.8 Å². The van der Waals surface area contributed by atoms with Gasteiger partial charge in [-0.3, -0.25) is 10.1 Å². The van der Waals surface area contributed by atoms with E-state index in [1.807, 2.05) is 6.08 Å². The monoisotopic (exact) mass is 288 g/mol. The van der Waals surface area contributed by atoms with Gasteiger partial charge in [-0.15, -0.1) is 0 Å². The van der Waals surface area contributed by atoms with E-state index in [9.17, 15) is 9.59 Å². The number of alkyl halides is 1. The topological polar surface area (TPSA) is 67.9 Å². The third kappa shape index (κ3) is 5.21. The van der Waals surface area contributed by atoms with E-state index in [4.69, 9.17) is 21.1 Å². The number of carbonyl (C=O) groups is 2. The van der Waals surface area contributed by atoms with Gasteiger partial charge in [0.1, 0.15) is 12.4 Å². The van der Waals surface area contributed by atoms with Crippen LogP contribution in [0.25, 0.3) is 0 Å². The predicted octanol–water partition coefficient (Wildman–Crippen LogP) is 1.57. The number of halogens is 1. The molecule has 1 atom stereocenters. The first-order valence-electron chi connectivity index (χ1n) is 5.76. The Bertz CT molecular complexity index is 418. The fourth-order valence-corrected chi connectivity index (χ4v) is 1.59. The van der Waals surface area contributed by atoms with E-state index in [1.165, 1.54) is 6.92 Å². The van der Waals surface area contributed by atoms with Crippen LogP contribution in [0, 0.1) is 0 Å². The lowest BCUT2D eigenvalue weighted by Gasteiger charge is -2.27. The highest BCUT2D eigenvalue weighted by Crippen LogP contribution is 2.14. The van der Waals surface area contributed by atoms with Crippen molar-refractivity contribution in [2.24, 2.45) is 0 Å². The summed E-state index contributed by atoms with van der Waals surface area (Å²) in [6.07, 6.45) is 3.04. The lowest BCUT2D eigenvalue weighted by Crippen LogP contribution is -2.37. The zero-order valence-electron chi connectivity index (χ0n) is 11.1. The van der Waals surface area contributed by atoms with Crippen LogP contribution in [-0.4, -0.2) is 42.7 Å². The number of hydrogen-bond donors (Lipinski definition) is 1. The van der Waals surface area contributed by atoms with Gasteiger partial charge in [0.25, 0.3) is 0 Å². The van der Waals surface area contributed by atoms with Gasteiger partial charge in [-0.2, -0.15) is 0 Å². The van der Waals surface area contributed by atoms with Crippen LogP contribution in [0.15, 0.2) is 23.5 Å². The average Bonchev–Trinajstić information content (AvgIpc) is 2.28. The Balaban J connectivity index is 2.77. The molecule has 0 fully saturated rings. The molecule has 0 aromatic carbocycles. The van der Waals surface area contributed by atoms with E-state index < -0.39 is 11.7 Å². The molecule has 0 bridgehead atoms. The number of alkyl carbamates (subject to hydrolysis) is 1. The number of ether oxygens (including phenoxy) is 2. The van der Waals surface area contributed by atoms with Crippen molar-refractivity contribution in [2.45, 2.75) is 19.4 Å². The molecular weight excluding hydrogens is 272 g/mol. The molecule has 19 heavy (non-hydrogen) atoms. The molecule has 7 heteroatoms. The fourth-order valence-electron chi connectivity index (χ4n) is 1.51. The highest BCUT2D eigenvalue weighted by molar-refractivity contribution is 6.19. The molecule has 0 saturated heterocycles. The second kappa shape index (κ2) is 7.04.